The molecule has 1 aromatic rings. The first-order valence-electron chi connectivity index (χ1n) is 14.8. The number of aromatic carboxylic acids is 1. The molecule has 1 amide bonds. The van der Waals surface area contributed by atoms with Crippen molar-refractivity contribution in [1.29, 1.82) is 0 Å². The second-order valence-electron chi connectivity index (χ2n) is 14.5. The molecule has 0 heterocycles. The molecule has 8 atom stereocenters. The van der Waals surface area contributed by atoms with E-state index in [1.165, 1.54) is 56.1 Å². The lowest BCUT2D eigenvalue weighted by molar-refractivity contribution is -0.180. The van der Waals surface area contributed by atoms with E-state index in [1.807, 2.05) is 12.1 Å². The lowest BCUT2D eigenvalue weighted by Crippen LogP contribution is -2.61. The third-order valence-corrected chi connectivity index (χ3v) is 13.0. The van der Waals surface area contributed by atoms with E-state index >= 15 is 0 Å². The second kappa shape index (κ2) is 8.20. The molecule has 0 aliphatic heterocycles. The maximum absolute atomic E-state index is 12.7. The van der Waals surface area contributed by atoms with Crippen LogP contribution in [0.3, 0.4) is 0 Å². The molecule has 37 heavy (non-hydrogen) atoms. The first-order chi connectivity index (χ1) is 17.4. The largest absolute Gasteiger partial charge is 0.478 e. The molecular weight excluding hydrogens is 458 g/mol. The molecule has 4 heteroatoms. The molecule has 8 unspecified atom stereocenters. The van der Waals surface area contributed by atoms with Gasteiger partial charge in [0.1, 0.15) is 0 Å². The zero-order valence-electron chi connectivity index (χ0n) is 23.2. The molecule has 200 valence electrons. The number of fused-ring (bicyclic) bond motifs is 7. The van der Waals surface area contributed by atoms with Gasteiger partial charge < -0.3 is 10.8 Å². The molecule has 5 aliphatic carbocycles. The van der Waals surface area contributed by atoms with E-state index in [0.29, 0.717) is 34.7 Å². The van der Waals surface area contributed by atoms with Crippen LogP contribution in [0.2, 0.25) is 0 Å². The molecule has 6 rings (SSSR count). The van der Waals surface area contributed by atoms with Crippen molar-refractivity contribution in [3.05, 3.63) is 41.5 Å². The Kier molecular flexibility index (Phi) is 5.58. The van der Waals surface area contributed by atoms with Gasteiger partial charge >= 0.3 is 5.97 Å². The van der Waals surface area contributed by atoms with Crippen LogP contribution in [0, 0.1) is 51.2 Å². The van der Waals surface area contributed by atoms with Crippen LogP contribution in [-0.4, -0.2) is 17.0 Å². The number of carboxylic acid groups (broad SMARTS) is 1. The Morgan fingerprint density at radius 1 is 0.838 bits per heavy atom. The summed E-state index contributed by atoms with van der Waals surface area (Å²) < 4.78 is 0. The molecule has 0 saturated heterocycles. The Morgan fingerprint density at radius 2 is 1.57 bits per heavy atom. The fourth-order valence-electron chi connectivity index (χ4n) is 11.5. The number of hydrogen-bond acceptors (Lipinski definition) is 2. The van der Waals surface area contributed by atoms with Crippen molar-refractivity contribution in [3.63, 3.8) is 0 Å². The summed E-state index contributed by atoms with van der Waals surface area (Å²) in [5, 5.41) is 9.35. The third-order valence-electron chi connectivity index (χ3n) is 13.0. The van der Waals surface area contributed by atoms with Gasteiger partial charge in [-0.2, -0.15) is 0 Å². The zero-order chi connectivity index (χ0) is 26.4. The van der Waals surface area contributed by atoms with Crippen molar-refractivity contribution >= 4 is 17.4 Å². The smallest absolute Gasteiger partial charge is 0.335 e. The number of benzene rings is 1. The van der Waals surface area contributed by atoms with Crippen molar-refractivity contribution in [2.45, 2.75) is 91.9 Å². The quantitative estimate of drug-likeness (QED) is 0.453. The van der Waals surface area contributed by atoms with Crippen molar-refractivity contribution in [1.82, 2.24) is 0 Å². The molecule has 0 spiro atoms. The highest BCUT2D eigenvalue weighted by molar-refractivity contribution is 5.88. The van der Waals surface area contributed by atoms with E-state index < -0.39 is 5.97 Å². The van der Waals surface area contributed by atoms with E-state index in [2.05, 4.69) is 33.8 Å². The molecule has 1 aromatic carbocycles. The van der Waals surface area contributed by atoms with E-state index in [1.54, 1.807) is 12.1 Å². The van der Waals surface area contributed by atoms with Crippen molar-refractivity contribution in [3.8, 4) is 0 Å². The fraction of sp³-hybridized carbons (Fsp3) is 0.697. The first kappa shape index (κ1) is 25.2. The summed E-state index contributed by atoms with van der Waals surface area (Å²) in [7, 11) is 0. The molecule has 0 bridgehead atoms. The third kappa shape index (κ3) is 3.32. The summed E-state index contributed by atoms with van der Waals surface area (Å²) in [5.41, 5.74) is 9.41. The van der Waals surface area contributed by atoms with Crippen molar-refractivity contribution < 1.29 is 14.7 Å². The number of carbonyl (C=O) groups is 2. The highest BCUT2D eigenvalue weighted by atomic mass is 16.4. The van der Waals surface area contributed by atoms with Crippen LogP contribution in [0.4, 0.5) is 0 Å². The molecule has 4 saturated carbocycles. The summed E-state index contributed by atoms with van der Waals surface area (Å²) in [4.78, 5) is 24.1. The number of amides is 1. The standard InChI is InChI=1S/C33H45NO3/c1-30(2)23(20-7-9-21(10-8-20)28(35)36)13-17-32(4)26(30)15-18-31(3)24-14-19-33(29(34)37)16-5-6-25(33)22(24)11-12-27(31)32/h7-10,13,22,24-27H,5-6,11-12,14-19H2,1-4H3,(H2,34,37)(H,35,36). The van der Waals surface area contributed by atoms with Gasteiger partial charge in [0, 0.05) is 0 Å². The minimum atomic E-state index is -0.869. The van der Waals surface area contributed by atoms with Gasteiger partial charge in [-0.15, -0.1) is 0 Å². The van der Waals surface area contributed by atoms with E-state index in [-0.39, 0.29) is 22.2 Å². The predicted octanol–water partition coefficient (Wildman–Crippen LogP) is 7.33. The Morgan fingerprint density at radius 3 is 2.24 bits per heavy atom. The van der Waals surface area contributed by atoms with Gasteiger partial charge in [-0.3, -0.25) is 4.79 Å². The number of allylic oxidation sites excluding steroid dienone is 2. The van der Waals surface area contributed by atoms with Gasteiger partial charge in [0.05, 0.1) is 11.0 Å². The molecule has 3 N–H and O–H groups in total. The van der Waals surface area contributed by atoms with E-state index in [0.717, 1.165) is 25.2 Å². The number of carbonyl (C=O) groups excluding carboxylic acids is 1. The number of carboxylic acids is 1. The van der Waals surface area contributed by atoms with Gasteiger partial charge in [-0.25, -0.2) is 4.79 Å². The first-order valence-corrected chi connectivity index (χ1v) is 14.8. The lowest BCUT2D eigenvalue weighted by Gasteiger charge is -2.68. The van der Waals surface area contributed by atoms with Crippen LogP contribution >= 0.6 is 0 Å². The summed E-state index contributed by atoms with van der Waals surface area (Å²) in [5.74, 6) is 2.32. The Balaban J connectivity index is 1.32. The van der Waals surface area contributed by atoms with Crippen LogP contribution < -0.4 is 5.73 Å². The van der Waals surface area contributed by atoms with Crippen molar-refractivity contribution in [2.75, 3.05) is 0 Å². The van der Waals surface area contributed by atoms with Gasteiger partial charge in [0.25, 0.3) is 0 Å². The average molecular weight is 504 g/mol. The van der Waals surface area contributed by atoms with Gasteiger partial charge in [0.2, 0.25) is 5.91 Å². The van der Waals surface area contributed by atoms with Crippen LogP contribution in [-0.2, 0) is 4.79 Å². The van der Waals surface area contributed by atoms with E-state index in [9.17, 15) is 14.7 Å². The van der Waals surface area contributed by atoms with Gasteiger partial charge in [0.15, 0.2) is 0 Å². The number of primary amides is 1. The minimum Gasteiger partial charge on any atom is -0.478 e. The Hall–Kier alpha value is -2.10. The highest BCUT2D eigenvalue weighted by Gasteiger charge is 2.66. The van der Waals surface area contributed by atoms with Gasteiger partial charge in [-0.05, 0) is 127 Å². The number of rotatable bonds is 3. The molecule has 4 nitrogen and oxygen atoms in total. The summed E-state index contributed by atoms with van der Waals surface area (Å²) in [6, 6.07) is 7.51. The summed E-state index contributed by atoms with van der Waals surface area (Å²) >= 11 is 0. The van der Waals surface area contributed by atoms with Gasteiger partial charge in [-0.1, -0.05) is 52.3 Å². The normalized spacial score (nSPS) is 44.0. The monoisotopic (exact) mass is 503 g/mol. The van der Waals surface area contributed by atoms with Crippen LogP contribution in [0.15, 0.2) is 30.3 Å². The Bertz CT molecular complexity index is 1150. The molecule has 4 fully saturated rings. The Labute approximate surface area is 222 Å². The van der Waals surface area contributed by atoms with Crippen LogP contribution in [0.1, 0.15) is 108 Å². The van der Waals surface area contributed by atoms with E-state index in [4.69, 9.17) is 5.73 Å². The number of hydrogen-bond donors (Lipinski definition) is 2. The topological polar surface area (TPSA) is 80.4 Å². The summed E-state index contributed by atoms with van der Waals surface area (Å²) in [6.45, 7) is 10.1. The zero-order valence-corrected chi connectivity index (χ0v) is 23.2. The number of nitrogens with two attached hydrogens (primary N) is 1. The second-order valence-corrected chi connectivity index (χ2v) is 14.5. The molecule has 5 aliphatic rings. The van der Waals surface area contributed by atoms with Crippen LogP contribution in [0.5, 0.6) is 0 Å². The molecule has 0 radical (unpaired) electrons. The maximum atomic E-state index is 12.7. The highest BCUT2D eigenvalue weighted by Crippen LogP contribution is 2.73. The lowest BCUT2D eigenvalue weighted by atomic mass is 9.36. The fourth-order valence-corrected chi connectivity index (χ4v) is 11.5. The predicted molar refractivity (Wildman–Crippen MR) is 147 cm³/mol. The maximum Gasteiger partial charge on any atom is 0.335 e. The summed E-state index contributed by atoms with van der Waals surface area (Å²) in [6.07, 6.45) is 14.3. The van der Waals surface area contributed by atoms with Crippen LogP contribution in [0.25, 0.3) is 5.57 Å². The average Bonchev–Trinajstić information content (AvgIpc) is 3.30. The molecule has 0 aromatic heterocycles. The minimum absolute atomic E-state index is 0.0144. The van der Waals surface area contributed by atoms with Crippen molar-refractivity contribution in [2.24, 2.45) is 57.0 Å². The SMILES string of the molecule is CC1(C)C(c2ccc(C(=O)O)cc2)=CCC2(C)C1CCC1(C)C3CCC4(C(N)=O)CCCC4C3CCC12. The molecular formula is C33H45NO3.